The number of nitroso groups, excluding NO2 is 1. The highest BCUT2D eigenvalue weighted by Crippen LogP contribution is 2.14. The fourth-order valence-electron chi connectivity index (χ4n) is 1.22. The summed E-state index contributed by atoms with van der Waals surface area (Å²) in [7, 11) is 0. The van der Waals surface area contributed by atoms with Gasteiger partial charge in [-0.05, 0) is 23.8 Å². The molecule has 0 fully saturated rings. The molecule has 1 aliphatic rings. The largest absolute Gasteiger partial charge is 0.508 e. The summed E-state index contributed by atoms with van der Waals surface area (Å²) in [5, 5.41) is 9.05. The van der Waals surface area contributed by atoms with Gasteiger partial charge in [0.15, 0.2) is 6.54 Å². The average Bonchev–Trinajstić information content (AvgIpc) is 2.56. The first-order valence-electron chi connectivity index (χ1n) is 4.21. The first-order chi connectivity index (χ1) is 6.75. The number of aliphatic imine (C=N–C) groups is 1. The number of hydrogen-bond donors (Lipinski definition) is 1. The monoisotopic (exact) mass is 189 g/mol. The van der Waals surface area contributed by atoms with E-state index in [-0.39, 0.29) is 5.75 Å². The highest BCUT2D eigenvalue weighted by molar-refractivity contribution is 5.58. The summed E-state index contributed by atoms with van der Waals surface area (Å²) in [5.41, 5.74) is 1.49. The van der Waals surface area contributed by atoms with E-state index in [1.165, 1.54) is 6.34 Å². The molecule has 1 aromatic carbocycles. The van der Waals surface area contributed by atoms with Crippen molar-refractivity contribution in [2.45, 2.75) is 0 Å². The normalized spacial score (nSPS) is 18.0. The maximum atomic E-state index is 11.1. The van der Waals surface area contributed by atoms with Crippen LogP contribution in [0.1, 0.15) is 5.56 Å². The molecule has 1 N–H and O–H groups in total. The third-order valence-corrected chi connectivity index (χ3v) is 1.95. The van der Waals surface area contributed by atoms with Crippen LogP contribution in [0.5, 0.6) is 5.75 Å². The molecule has 0 aromatic heterocycles. The molecule has 0 bridgehead atoms. The predicted octanol–water partition coefficient (Wildman–Crippen LogP) is 1.55. The van der Waals surface area contributed by atoms with Crippen molar-refractivity contribution in [1.82, 2.24) is 0 Å². The Bertz CT molecular complexity index is 418. The maximum Gasteiger partial charge on any atom is 0.325 e. The molecule has 1 heterocycles. The zero-order chi connectivity index (χ0) is 9.97. The Balaban J connectivity index is 2.26. The third kappa shape index (κ3) is 1.69. The van der Waals surface area contributed by atoms with E-state index in [2.05, 4.69) is 4.99 Å². The van der Waals surface area contributed by atoms with E-state index in [1.807, 2.05) is 0 Å². The Morgan fingerprint density at radius 2 is 2.07 bits per heavy atom. The van der Waals surface area contributed by atoms with Gasteiger partial charge in [-0.15, -0.1) is 0 Å². The van der Waals surface area contributed by atoms with Crippen molar-refractivity contribution in [1.29, 1.82) is 0 Å². The van der Waals surface area contributed by atoms with E-state index >= 15 is 0 Å². The second-order valence-corrected chi connectivity index (χ2v) is 3.01. The van der Waals surface area contributed by atoms with Crippen molar-refractivity contribution >= 4 is 12.4 Å². The summed E-state index contributed by atoms with van der Waals surface area (Å²) < 4.78 is 0.743. The van der Waals surface area contributed by atoms with Crippen molar-refractivity contribution < 1.29 is 9.87 Å². The first kappa shape index (κ1) is 8.62. The van der Waals surface area contributed by atoms with Gasteiger partial charge < -0.3 is 5.11 Å². The molecule has 1 aliphatic heterocycles. The molecule has 2 rings (SSSR count). The highest BCUT2D eigenvalue weighted by atomic mass is 16.3. The second-order valence-electron chi connectivity index (χ2n) is 3.01. The molecule has 0 saturated heterocycles. The van der Waals surface area contributed by atoms with Crippen LogP contribution >= 0.6 is 0 Å². The van der Waals surface area contributed by atoms with Crippen molar-refractivity contribution in [3.63, 3.8) is 0 Å². The van der Waals surface area contributed by atoms with Crippen LogP contribution in [0.25, 0.3) is 6.08 Å². The molecule has 0 spiro atoms. The Labute approximate surface area is 80.8 Å². The zero-order valence-corrected chi connectivity index (χ0v) is 7.42. The standard InChI is InChI=1S/C10H8N2O2/c13-10-3-1-8(2-4-10)5-9-6-11-7-12(9)14/h1-5,7H,6H2/p+1. The minimum Gasteiger partial charge on any atom is -0.508 e. The molecule has 1 aromatic rings. The average molecular weight is 189 g/mol. The lowest BCUT2D eigenvalue weighted by Crippen LogP contribution is -1.98. The number of phenols is 1. The molecule has 70 valence electrons. The zero-order valence-electron chi connectivity index (χ0n) is 7.42. The second kappa shape index (κ2) is 3.41. The summed E-state index contributed by atoms with van der Waals surface area (Å²) in [6.07, 6.45) is 3.01. The Hall–Kier alpha value is -1.97. The number of nitrogens with zero attached hydrogens (tertiary/aromatic N) is 2. The van der Waals surface area contributed by atoms with Crippen molar-refractivity contribution in [2.24, 2.45) is 4.99 Å². The summed E-state index contributed by atoms with van der Waals surface area (Å²) in [5.74, 6) is 0.216. The van der Waals surface area contributed by atoms with Gasteiger partial charge in [0.2, 0.25) is 5.70 Å². The Morgan fingerprint density at radius 3 is 2.64 bits per heavy atom. The number of aromatic hydroxyl groups is 1. The molecule has 4 nitrogen and oxygen atoms in total. The Morgan fingerprint density at radius 1 is 1.36 bits per heavy atom. The minimum atomic E-state index is 0.216. The molecular formula is C10H9N2O2+. The van der Waals surface area contributed by atoms with Gasteiger partial charge in [0.25, 0.3) is 0 Å². The van der Waals surface area contributed by atoms with Crippen molar-refractivity contribution in [3.05, 3.63) is 40.4 Å². The van der Waals surface area contributed by atoms with Crippen LogP contribution < -0.4 is 0 Å². The third-order valence-electron chi connectivity index (χ3n) is 1.95. The molecule has 0 saturated carbocycles. The van der Waals surface area contributed by atoms with Gasteiger partial charge in [-0.2, -0.15) is 0 Å². The van der Waals surface area contributed by atoms with Gasteiger partial charge >= 0.3 is 6.34 Å². The lowest BCUT2D eigenvalue weighted by atomic mass is 10.2. The van der Waals surface area contributed by atoms with Gasteiger partial charge in [0, 0.05) is 4.76 Å². The van der Waals surface area contributed by atoms with Crippen LogP contribution in [0.15, 0.2) is 35.0 Å². The summed E-state index contributed by atoms with van der Waals surface area (Å²) >= 11 is 0. The molecule has 4 heteroatoms. The SMILES string of the molecule is O=[N+]1C=NCC1=Cc1ccc(O)cc1. The molecule has 0 amide bonds. The van der Waals surface area contributed by atoms with Gasteiger partial charge in [0.1, 0.15) is 5.75 Å². The number of hydrogen-bond acceptors (Lipinski definition) is 3. The topological polar surface area (TPSA) is 52.7 Å². The summed E-state index contributed by atoms with van der Waals surface area (Å²) in [6.45, 7) is 0.421. The number of phenolic OH excluding ortho intramolecular Hbond substituents is 1. The molecule has 0 radical (unpaired) electrons. The van der Waals surface area contributed by atoms with E-state index in [0.717, 1.165) is 10.3 Å². The molecule has 14 heavy (non-hydrogen) atoms. The quantitative estimate of drug-likeness (QED) is 0.681. The lowest BCUT2D eigenvalue weighted by Gasteiger charge is -1.93. The van der Waals surface area contributed by atoms with E-state index < -0.39 is 0 Å². The summed E-state index contributed by atoms with van der Waals surface area (Å²) in [6, 6.07) is 6.65. The van der Waals surface area contributed by atoms with Gasteiger partial charge in [-0.1, -0.05) is 22.0 Å². The molecule has 0 unspecified atom stereocenters. The molecule has 0 atom stereocenters. The van der Waals surface area contributed by atoms with Crippen LogP contribution in [-0.2, 0) is 0 Å². The van der Waals surface area contributed by atoms with Crippen LogP contribution in [0.4, 0.5) is 0 Å². The first-order valence-corrected chi connectivity index (χ1v) is 4.21. The van der Waals surface area contributed by atoms with Crippen LogP contribution in [0.3, 0.4) is 0 Å². The van der Waals surface area contributed by atoms with E-state index in [4.69, 9.17) is 5.11 Å². The van der Waals surface area contributed by atoms with Crippen molar-refractivity contribution in [3.8, 4) is 5.75 Å². The summed E-state index contributed by atoms with van der Waals surface area (Å²) in [4.78, 5) is 14.9. The van der Waals surface area contributed by atoms with E-state index in [9.17, 15) is 4.91 Å². The number of benzene rings is 1. The predicted molar refractivity (Wildman–Crippen MR) is 53.1 cm³/mol. The number of rotatable bonds is 1. The van der Waals surface area contributed by atoms with Crippen LogP contribution in [0, 0.1) is 4.91 Å². The van der Waals surface area contributed by atoms with Gasteiger partial charge in [-0.3, -0.25) is 0 Å². The minimum absolute atomic E-state index is 0.216. The van der Waals surface area contributed by atoms with Crippen LogP contribution in [-0.4, -0.2) is 22.7 Å². The smallest absolute Gasteiger partial charge is 0.325 e. The van der Waals surface area contributed by atoms with Gasteiger partial charge in [-0.25, -0.2) is 0 Å². The fraction of sp³-hybridized carbons (Fsp3) is 0.100. The fourth-order valence-corrected chi connectivity index (χ4v) is 1.22. The van der Waals surface area contributed by atoms with Crippen LogP contribution in [0.2, 0.25) is 0 Å². The molecule has 0 aliphatic carbocycles. The van der Waals surface area contributed by atoms with Gasteiger partial charge in [0.05, 0.1) is 0 Å². The van der Waals surface area contributed by atoms with E-state index in [1.54, 1.807) is 30.3 Å². The van der Waals surface area contributed by atoms with Crippen molar-refractivity contribution in [2.75, 3.05) is 6.54 Å². The highest BCUT2D eigenvalue weighted by Gasteiger charge is 2.19. The maximum absolute atomic E-state index is 11.1. The van der Waals surface area contributed by atoms with E-state index in [0.29, 0.717) is 12.2 Å². The Kier molecular flexibility index (Phi) is 2.10. The lowest BCUT2D eigenvalue weighted by molar-refractivity contribution is -0.352. The molecular weight excluding hydrogens is 180 g/mol.